The van der Waals surface area contributed by atoms with Crippen molar-refractivity contribution >= 4 is 23.9 Å². The Hall–Kier alpha value is -1.76. The Kier molecular flexibility index (Phi) is 150. The molecule has 21 heavy (non-hydrogen) atoms. The molecule has 0 aliphatic heterocycles. The standard InChI is InChI=1S/4C2H4O2.Cu.4H2O/c4*1-2(3)4;;;;;/h4*1H3,(H,3,4);;4*1H2. The van der Waals surface area contributed by atoms with Gasteiger partial charge in [0.2, 0.25) is 0 Å². The zero-order valence-electron chi connectivity index (χ0n) is 11.7. The average molecular weight is 376 g/mol. The Morgan fingerprint density at radius 2 is 0.476 bits per heavy atom. The quantitative estimate of drug-likeness (QED) is 0.317. The number of carbonyl (C=O) groups is 4. The van der Waals surface area contributed by atoms with Crippen molar-refractivity contribution in [1.29, 1.82) is 0 Å². The largest absolute Gasteiger partial charge is 0.481 e. The van der Waals surface area contributed by atoms with Crippen molar-refractivity contribution < 1.29 is 78.6 Å². The molecule has 1 radical (unpaired) electrons. The van der Waals surface area contributed by atoms with E-state index < -0.39 is 23.9 Å². The normalized spacial score (nSPS) is 4.76. The number of hydrogen-bond donors (Lipinski definition) is 4. The van der Waals surface area contributed by atoms with Crippen LogP contribution in [-0.4, -0.2) is 66.2 Å². The first-order valence-corrected chi connectivity index (χ1v) is 3.71. The third-order valence-corrected chi connectivity index (χ3v) is 0. The first kappa shape index (κ1) is 61.0. The molecule has 0 aromatic heterocycles. The van der Waals surface area contributed by atoms with Gasteiger partial charge in [-0.15, -0.1) is 0 Å². The fraction of sp³-hybridized carbons (Fsp3) is 0.500. The predicted octanol–water partition coefficient (Wildman–Crippen LogP) is -2.94. The van der Waals surface area contributed by atoms with Gasteiger partial charge in [-0.25, -0.2) is 0 Å². The van der Waals surface area contributed by atoms with Crippen LogP contribution < -0.4 is 0 Å². The summed E-state index contributed by atoms with van der Waals surface area (Å²) in [7, 11) is 0. The molecule has 0 amide bonds. The molecule has 0 aromatic carbocycles. The van der Waals surface area contributed by atoms with Crippen LogP contribution in [0.5, 0.6) is 0 Å². The molecule has 0 aliphatic rings. The molecule has 0 heterocycles. The molecule has 0 unspecified atom stereocenters. The zero-order valence-corrected chi connectivity index (χ0v) is 12.7. The van der Waals surface area contributed by atoms with Crippen LogP contribution in [0.3, 0.4) is 0 Å². The molecule has 13 heteroatoms. The van der Waals surface area contributed by atoms with E-state index in [0.29, 0.717) is 0 Å². The number of carboxylic acid groups (broad SMARTS) is 4. The molecule has 0 spiro atoms. The van der Waals surface area contributed by atoms with Crippen LogP contribution in [0.25, 0.3) is 0 Å². The van der Waals surface area contributed by atoms with E-state index in [1.807, 2.05) is 0 Å². The molecule has 12 nitrogen and oxygen atoms in total. The summed E-state index contributed by atoms with van der Waals surface area (Å²) < 4.78 is 0. The first-order valence-electron chi connectivity index (χ1n) is 3.71. The van der Waals surface area contributed by atoms with Gasteiger partial charge in [0.1, 0.15) is 0 Å². The zero-order chi connectivity index (χ0) is 14.3. The SMILES string of the molecule is CC(=O)O.CC(=O)O.CC(=O)O.CC(=O)O.O.O.O.O.[Cu]. The van der Waals surface area contributed by atoms with E-state index in [1.165, 1.54) is 0 Å². The average Bonchev–Trinajstić information content (AvgIpc) is 1.76. The van der Waals surface area contributed by atoms with Crippen molar-refractivity contribution in [2.24, 2.45) is 0 Å². The summed E-state index contributed by atoms with van der Waals surface area (Å²) in [6.45, 7) is 4.33. The van der Waals surface area contributed by atoms with Crippen LogP contribution in [-0.2, 0) is 36.2 Å². The summed E-state index contributed by atoms with van der Waals surface area (Å²) in [5, 5.41) is 29.7. The maximum atomic E-state index is 9.00. The second kappa shape index (κ2) is 51.7. The van der Waals surface area contributed by atoms with Crippen molar-refractivity contribution in [1.82, 2.24) is 0 Å². The van der Waals surface area contributed by atoms with Crippen molar-refractivity contribution in [2.45, 2.75) is 27.7 Å². The van der Waals surface area contributed by atoms with Crippen LogP contribution >= 0.6 is 0 Å². The smallest absolute Gasteiger partial charge is 0.300 e. The molecule has 12 N–H and O–H groups in total. The van der Waals surface area contributed by atoms with Crippen LogP contribution in [0, 0.1) is 0 Å². The van der Waals surface area contributed by atoms with Gasteiger partial charge in [-0.05, 0) is 0 Å². The van der Waals surface area contributed by atoms with E-state index in [9.17, 15) is 0 Å². The second-order valence-electron chi connectivity index (χ2n) is 2.08. The van der Waals surface area contributed by atoms with Crippen molar-refractivity contribution in [3.63, 3.8) is 0 Å². The van der Waals surface area contributed by atoms with Gasteiger partial charge in [0, 0.05) is 44.8 Å². The van der Waals surface area contributed by atoms with E-state index in [0.717, 1.165) is 27.7 Å². The van der Waals surface area contributed by atoms with E-state index in [2.05, 4.69) is 0 Å². The van der Waals surface area contributed by atoms with E-state index in [1.54, 1.807) is 0 Å². The van der Waals surface area contributed by atoms with E-state index in [4.69, 9.17) is 39.6 Å². The van der Waals surface area contributed by atoms with Crippen LogP contribution in [0.4, 0.5) is 0 Å². The van der Waals surface area contributed by atoms with Crippen LogP contribution in [0.15, 0.2) is 0 Å². The van der Waals surface area contributed by atoms with E-state index >= 15 is 0 Å². The fourth-order valence-corrected chi connectivity index (χ4v) is 0. The Morgan fingerprint density at radius 1 is 0.476 bits per heavy atom. The third-order valence-electron chi connectivity index (χ3n) is 0. The monoisotopic (exact) mass is 375 g/mol. The van der Waals surface area contributed by atoms with Crippen LogP contribution in [0.2, 0.25) is 0 Å². The van der Waals surface area contributed by atoms with Gasteiger partial charge in [-0.2, -0.15) is 0 Å². The molecule has 0 saturated carbocycles. The summed E-state index contributed by atoms with van der Waals surface area (Å²) in [6.07, 6.45) is 0. The summed E-state index contributed by atoms with van der Waals surface area (Å²) in [5.74, 6) is -3.33. The van der Waals surface area contributed by atoms with Crippen molar-refractivity contribution in [3.05, 3.63) is 0 Å². The first-order chi connectivity index (χ1) is 6.93. The van der Waals surface area contributed by atoms with Gasteiger partial charge in [0.05, 0.1) is 0 Å². The fourth-order valence-electron chi connectivity index (χ4n) is 0. The molecule has 0 rings (SSSR count). The van der Waals surface area contributed by atoms with Crippen LogP contribution in [0.1, 0.15) is 27.7 Å². The Morgan fingerprint density at radius 3 is 0.476 bits per heavy atom. The summed E-state index contributed by atoms with van der Waals surface area (Å²) in [5.41, 5.74) is 0. The van der Waals surface area contributed by atoms with Crippen molar-refractivity contribution in [3.8, 4) is 0 Å². The summed E-state index contributed by atoms with van der Waals surface area (Å²) >= 11 is 0. The Balaban J connectivity index is -0.0000000121. The molecule has 0 atom stereocenters. The number of hydrogen-bond acceptors (Lipinski definition) is 4. The van der Waals surface area contributed by atoms with Gasteiger partial charge in [0.25, 0.3) is 23.9 Å². The minimum Gasteiger partial charge on any atom is -0.481 e. The minimum atomic E-state index is -0.833. The molecule has 0 fully saturated rings. The Bertz CT molecular complexity index is 165. The number of aliphatic carboxylic acids is 4. The van der Waals surface area contributed by atoms with Crippen molar-refractivity contribution in [2.75, 3.05) is 0 Å². The molecular weight excluding hydrogens is 352 g/mol. The molecule has 0 aliphatic carbocycles. The minimum absolute atomic E-state index is 0. The van der Waals surface area contributed by atoms with Gasteiger partial charge < -0.3 is 42.3 Å². The molecular formula is C8H24CuO12. The molecule has 139 valence electrons. The predicted molar refractivity (Wildman–Crippen MR) is 67.7 cm³/mol. The Labute approximate surface area is 131 Å². The van der Waals surface area contributed by atoms with Gasteiger partial charge >= 0.3 is 0 Å². The topological polar surface area (TPSA) is 275 Å². The van der Waals surface area contributed by atoms with Gasteiger partial charge in [-0.1, -0.05) is 0 Å². The molecule has 0 aromatic rings. The number of carboxylic acids is 4. The second-order valence-corrected chi connectivity index (χ2v) is 2.08. The maximum absolute atomic E-state index is 9.00. The van der Waals surface area contributed by atoms with E-state index in [-0.39, 0.29) is 39.0 Å². The number of rotatable bonds is 0. The maximum Gasteiger partial charge on any atom is 0.300 e. The summed E-state index contributed by atoms with van der Waals surface area (Å²) in [6, 6.07) is 0. The van der Waals surface area contributed by atoms with Gasteiger partial charge in [0.15, 0.2) is 0 Å². The molecule has 0 saturated heterocycles. The summed E-state index contributed by atoms with van der Waals surface area (Å²) in [4.78, 5) is 36.0. The van der Waals surface area contributed by atoms with Gasteiger partial charge in [-0.3, -0.25) is 19.2 Å². The molecule has 0 bridgehead atoms. The third kappa shape index (κ3) is 1550.